The molecule has 2 rings (SSSR count). The van der Waals surface area contributed by atoms with Crippen molar-refractivity contribution in [1.29, 1.82) is 0 Å². The van der Waals surface area contributed by atoms with Crippen molar-refractivity contribution in [2.24, 2.45) is 5.73 Å². The lowest BCUT2D eigenvalue weighted by molar-refractivity contribution is -0.123. The zero-order chi connectivity index (χ0) is 9.42. The highest BCUT2D eigenvalue weighted by atomic mass is 19.1. The van der Waals surface area contributed by atoms with Gasteiger partial charge in [-0.3, -0.25) is 4.79 Å². The van der Waals surface area contributed by atoms with E-state index in [9.17, 15) is 9.18 Å². The summed E-state index contributed by atoms with van der Waals surface area (Å²) in [4.78, 5) is 11.1. The Balaban J connectivity index is 2.51. The normalized spacial score (nSPS) is 20.8. The molecule has 0 bridgehead atoms. The molecule has 0 saturated carbocycles. The third kappa shape index (κ3) is 1.29. The van der Waals surface area contributed by atoms with E-state index < -0.39 is 6.04 Å². The number of fused-ring (bicyclic) bond motifs is 1. The average Bonchev–Trinajstić information content (AvgIpc) is 2.12. The lowest BCUT2D eigenvalue weighted by atomic mass is 9.97. The summed E-state index contributed by atoms with van der Waals surface area (Å²) < 4.78 is 12.8. The van der Waals surface area contributed by atoms with E-state index in [1.165, 1.54) is 12.1 Å². The number of nitrogens with two attached hydrogens (primary N) is 1. The second kappa shape index (κ2) is 2.81. The zero-order valence-corrected chi connectivity index (χ0v) is 6.88. The number of benzene rings is 1. The molecule has 0 spiro atoms. The van der Waals surface area contributed by atoms with Gasteiger partial charge in [-0.15, -0.1) is 0 Å². The Morgan fingerprint density at radius 3 is 3.08 bits per heavy atom. The minimum absolute atomic E-state index is 0.252. The molecule has 0 aromatic heterocycles. The van der Waals surface area contributed by atoms with Crippen LogP contribution < -0.4 is 11.1 Å². The van der Waals surface area contributed by atoms with Gasteiger partial charge in [0, 0.05) is 6.54 Å². The predicted octanol–water partition coefficient (Wildman–Crippen LogP) is 0.455. The highest BCUT2D eigenvalue weighted by molar-refractivity contribution is 5.84. The van der Waals surface area contributed by atoms with Gasteiger partial charge in [0.05, 0.1) is 0 Å². The number of rotatable bonds is 0. The first kappa shape index (κ1) is 8.19. The van der Waals surface area contributed by atoms with Crippen LogP contribution in [0.5, 0.6) is 0 Å². The average molecular weight is 180 g/mol. The maximum Gasteiger partial charge on any atom is 0.241 e. The first-order valence-corrected chi connectivity index (χ1v) is 4.00. The van der Waals surface area contributed by atoms with E-state index in [4.69, 9.17) is 5.73 Å². The molecule has 0 saturated heterocycles. The van der Waals surface area contributed by atoms with Gasteiger partial charge < -0.3 is 11.1 Å². The summed E-state index contributed by atoms with van der Waals surface area (Å²) in [5, 5.41) is 2.62. The molecule has 13 heavy (non-hydrogen) atoms. The Morgan fingerprint density at radius 2 is 2.31 bits per heavy atom. The van der Waals surface area contributed by atoms with Crippen molar-refractivity contribution in [2.75, 3.05) is 0 Å². The van der Waals surface area contributed by atoms with E-state index >= 15 is 0 Å². The second-order valence-electron chi connectivity index (χ2n) is 3.04. The first-order chi connectivity index (χ1) is 6.18. The van der Waals surface area contributed by atoms with Crippen LogP contribution in [0.25, 0.3) is 0 Å². The fourth-order valence-corrected chi connectivity index (χ4v) is 1.45. The van der Waals surface area contributed by atoms with E-state index in [0.29, 0.717) is 12.1 Å². The SMILES string of the molecule is NC1C(=O)NCc2ccc(F)cc21. The highest BCUT2D eigenvalue weighted by Gasteiger charge is 2.23. The number of carbonyl (C=O) groups is 1. The highest BCUT2D eigenvalue weighted by Crippen LogP contribution is 2.21. The van der Waals surface area contributed by atoms with E-state index in [2.05, 4.69) is 5.32 Å². The fourth-order valence-electron chi connectivity index (χ4n) is 1.45. The molecule has 1 amide bonds. The standard InChI is InChI=1S/C9H9FN2O/c10-6-2-1-5-4-12-9(13)8(11)7(5)3-6/h1-3,8H,4,11H2,(H,12,13). The van der Waals surface area contributed by atoms with Gasteiger partial charge >= 0.3 is 0 Å². The van der Waals surface area contributed by atoms with Crippen LogP contribution in [0, 0.1) is 5.82 Å². The maximum atomic E-state index is 12.8. The first-order valence-electron chi connectivity index (χ1n) is 4.00. The minimum Gasteiger partial charge on any atom is -0.350 e. The van der Waals surface area contributed by atoms with Crippen LogP contribution in [0.4, 0.5) is 4.39 Å². The summed E-state index contributed by atoms with van der Waals surface area (Å²) in [6, 6.07) is 3.59. The van der Waals surface area contributed by atoms with Crippen molar-refractivity contribution in [1.82, 2.24) is 5.32 Å². The van der Waals surface area contributed by atoms with Crippen molar-refractivity contribution >= 4 is 5.91 Å². The number of halogens is 1. The smallest absolute Gasteiger partial charge is 0.241 e. The van der Waals surface area contributed by atoms with Gasteiger partial charge in [0.1, 0.15) is 11.9 Å². The third-order valence-corrected chi connectivity index (χ3v) is 2.18. The molecule has 1 heterocycles. The van der Waals surface area contributed by atoms with Crippen molar-refractivity contribution in [2.45, 2.75) is 12.6 Å². The summed E-state index contributed by atoms with van der Waals surface area (Å²) in [5.74, 6) is -0.609. The Morgan fingerprint density at radius 1 is 1.54 bits per heavy atom. The van der Waals surface area contributed by atoms with Crippen LogP contribution in [-0.4, -0.2) is 5.91 Å². The Labute approximate surface area is 74.7 Å². The Bertz CT molecular complexity index is 365. The quantitative estimate of drug-likeness (QED) is 0.609. The molecule has 68 valence electrons. The molecular formula is C9H9FN2O. The molecule has 3 N–H and O–H groups in total. The van der Waals surface area contributed by atoms with Gasteiger partial charge in [-0.25, -0.2) is 4.39 Å². The maximum absolute atomic E-state index is 12.8. The van der Waals surface area contributed by atoms with E-state index in [0.717, 1.165) is 5.56 Å². The molecule has 1 aromatic rings. The van der Waals surface area contributed by atoms with E-state index in [-0.39, 0.29) is 11.7 Å². The second-order valence-corrected chi connectivity index (χ2v) is 3.04. The topological polar surface area (TPSA) is 55.1 Å². The van der Waals surface area contributed by atoms with Crippen LogP contribution in [0.3, 0.4) is 0 Å². The molecular weight excluding hydrogens is 171 g/mol. The van der Waals surface area contributed by atoms with E-state index in [1.807, 2.05) is 0 Å². The summed E-state index contributed by atoms with van der Waals surface area (Å²) in [6.07, 6.45) is 0. The van der Waals surface area contributed by atoms with Gasteiger partial charge in [-0.05, 0) is 23.3 Å². The van der Waals surface area contributed by atoms with Gasteiger partial charge in [0.15, 0.2) is 0 Å². The molecule has 1 aromatic carbocycles. The minimum atomic E-state index is -0.737. The van der Waals surface area contributed by atoms with Crippen LogP contribution in [0.1, 0.15) is 17.2 Å². The number of carbonyl (C=O) groups excluding carboxylic acids is 1. The molecule has 1 aliphatic rings. The predicted molar refractivity (Wildman–Crippen MR) is 45.2 cm³/mol. The van der Waals surface area contributed by atoms with Gasteiger partial charge in [-0.2, -0.15) is 0 Å². The van der Waals surface area contributed by atoms with Crippen molar-refractivity contribution in [3.63, 3.8) is 0 Å². The van der Waals surface area contributed by atoms with Crippen LogP contribution in [-0.2, 0) is 11.3 Å². The molecule has 0 radical (unpaired) electrons. The third-order valence-electron chi connectivity index (χ3n) is 2.18. The molecule has 3 nitrogen and oxygen atoms in total. The Hall–Kier alpha value is -1.42. The lowest BCUT2D eigenvalue weighted by Gasteiger charge is -2.22. The molecule has 0 aliphatic carbocycles. The largest absolute Gasteiger partial charge is 0.350 e. The van der Waals surface area contributed by atoms with Crippen molar-refractivity contribution < 1.29 is 9.18 Å². The monoisotopic (exact) mass is 180 g/mol. The Kier molecular flexibility index (Phi) is 1.77. The molecule has 1 unspecified atom stereocenters. The van der Waals surface area contributed by atoms with Crippen molar-refractivity contribution in [3.8, 4) is 0 Å². The summed E-state index contributed by atoms with van der Waals surface area (Å²) >= 11 is 0. The number of hydrogen-bond donors (Lipinski definition) is 2. The molecule has 1 atom stereocenters. The lowest BCUT2D eigenvalue weighted by Crippen LogP contribution is -2.38. The number of hydrogen-bond acceptors (Lipinski definition) is 2. The number of amides is 1. The molecule has 4 heteroatoms. The number of nitrogens with one attached hydrogen (secondary N) is 1. The van der Waals surface area contributed by atoms with Crippen LogP contribution >= 0.6 is 0 Å². The summed E-state index contributed by atoms with van der Waals surface area (Å²) in [6.45, 7) is 0.433. The van der Waals surface area contributed by atoms with Crippen LogP contribution in [0.15, 0.2) is 18.2 Å². The van der Waals surface area contributed by atoms with Gasteiger partial charge in [0.25, 0.3) is 0 Å². The molecule has 1 aliphatic heterocycles. The zero-order valence-electron chi connectivity index (χ0n) is 6.88. The van der Waals surface area contributed by atoms with Crippen LogP contribution in [0.2, 0.25) is 0 Å². The van der Waals surface area contributed by atoms with Crippen molar-refractivity contribution in [3.05, 3.63) is 35.1 Å². The summed E-state index contributed by atoms with van der Waals surface area (Å²) in [5.41, 5.74) is 7.05. The summed E-state index contributed by atoms with van der Waals surface area (Å²) in [7, 11) is 0. The van der Waals surface area contributed by atoms with Gasteiger partial charge in [-0.1, -0.05) is 6.07 Å². The fraction of sp³-hybridized carbons (Fsp3) is 0.222. The van der Waals surface area contributed by atoms with Gasteiger partial charge in [0.2, 0.25) is 5.91 Å². The molecule has 0 fully saturated rings. The van der Waals surface area contributed by atoms with E-state index in [1.54, 1.807) is 6.07 Å².